The quantitative estimate of drug-likeness (QED) is 0.847. The minimum absolute atomic E-state index is 0.149. The fraction of sp³-hybridized carbons (Fsp3) is 0.600. The van der Waals surface area contributed by atoms with Gasteiger partial charge in [0, 0.05) is 25.9 Å². The van der Waals surface area contributed by atoms with Crippen LogP contribution in [0.1, 0.15) is 53.1 Å². The predicted octanol–water partition coefficient (Wildman–Crippen LogP) is 1.28. The smallest absolute Gasteiger partial charge is 0.314 e. The molecule has 4 rings (SSSR count). The molecular weight excluding hydrogens is 298 g/mol. The Morgan fingerprint density at radius 1 is 1.35 bits per heavy atom. The van der Waals surface area contributed by atoms with Gasteiger partial charge in [0.1, 0.15) is 11.5 Å². The molecule has 0 atom stereocenters. The molecule has 0 radical (unpaired) electrons. The number of aryl methyl sites for hydroxylation is 1. The van der Waals surface area contributed by atoms with Crippen molar-refractivity contribution in [2.24, 2.45) is 7.05 Å². The van der Waals surface area contributed by atoms with E-state index in [4.69, 9.17) is 9.15 Å². The van der Waals surface area contributed by atoms with E-state index in [1.807, 2.05) is 0 Å². The van der Waals surface area contributed by atoms with Crippen molar-refractivity contribution in [3.8, 4) is 6.01 Å². The number of aromatic nitrogens is 4. The molecule has 1 fully saturated rings. The first kappa shape index (κ1) is 14.2. The lowest BCUT2D eigenvalue weighted by Crippen LogP contribution is -2.36. The molecule has 0 saturated heterocycles. The van der Waals surface area contributed by atoms with Gasteiger partial charge in [-0.15, -0.1) is 5.10 Å². The minimum Gasteiger partial charge on any atom is -0.467 e. The third-order valence-electron chi connectivity index (χ3n) is 4.58. The molecule has 3 heterocycles. The molecule has 0 bridgehead atoms. The first-order valence-corrected chi connectivity index (χ1v) is 7.88. The highest BCUT2D eigenvalue weighted by atomic mass is 16.5. The zero-order valence-corrected chi connectivity index (χ0v) is 13.3. The third kappa shape index (κ3) is 2.38. The van der Waals surface area contributed by atoms with Crippen molar-refractivity contribution in [3.05, 3.63) is 23.2 Å². The first-order chi connectivity index (χ1) is 11.2. The molecule has 8 nitrogen and oxygen atoms in total. The highest BCUT2D eigenvalue weighted by Gasteiger charge is 2.31. The van der Waals surface area contributed by atoms with E-state index in [-0.39, 0.29) is 11.7 Å². The number of carbonyl (C=O) groups excluding carboxylic acids is 1. The molecule has 122 valence electrons. The maximum atomic E-state index is 12.6. The minimum atomic E-state index is -0.206. The number of oxazole rings is 1. The Morgan fingerprint density at radius 2 is 2.17 bits per heavy atom. The third-order valence-corrected chi connectivity index (χ3v) is 4.58. The van der Waals surface area contributed by atoms with Crippen LogP contribution in [0.2, 0.25) is 0 Å². The summed E-state index contributed by atoms with van der Waals surface area (Å²) in [5.74, 6) is 2.17. The molecule has 0 N–H and O–H groups in total. The highest BCUT2D eigenvalue weighted by Crippen LogP contribution is 2.37. The van der Waals surface area contributed by atoms with Crippen LogP contribution in [0.15, 0.2) is 4.42 Å². The van der Waals surface area contributed by atoms with Crippen LogP contribution in [0.25, 0.3) is 0 Å². The molecule has 8 heteroatoms. The van der Waals surface area contributed by atoms with Crippen molar-refractivity contribution in [2.45, 2.75) is 38.1 Å². The number of hydrogen-bond acceptors (Lipinski definition) is 6. The van der Waals surface area contributed by atoms with Crippen LogP contribution in [0.4, 0.5) is 0 Å². The van der Waals surface area contributed by atoms with Crippen LogP contribution in [-0.2, 0) is 20.0 Å². The molecule has 1 amide bonds. The average molecular weight is 317 g/mol. The maximum Gasteiger partial charge on any atom is 0.314 e. The first-order valence-electron chi connectivity index (χ1n) is 7.88. The summed E-state index contributed by atoms with van der Waals surface area (Å²) in [6, 6.07) is 0.319. The van der Waals surface area contributed by atoms with Crippen molar-refractivity contribution < 1.29 is 13.9 Å². The summed E-state index contributed by atoms with van der Waals surface area (Å²) in [7, 11) is 3.20. The SMILES string of the molecule is COc1nc(C(=O)N2CCc3oc(C4CCC4)nc3C2)nn1C. The molecule has 2 aromatic rings. The Bertz CT molecular complexity index is 746. The maximum absolute atomic E-state index is 12.6. The second kappa shape index (κ2) is 5.36. The van der Waals surface area contributed by atoms with E-state index in [0.717, 1.165) is 30.2 Å². The Labute approximate surface area is 133 Å². The van der Waals surface area contributed by atoms with Gasteiger partial charge in [0.2, 0.25) is 5.82 Å². The van der Waals surface area contributed by atoms with E-state index >= 15 is 0 Å². The number of ether oxygens (including phenoxy) is 1. The number of fused-ring (bicyclic) bond motifs is 1. The molecule has 0 unspecified atom stereocenters. The number of rotatable bonds is 3. The zero-order valence-electron chi connectivity index (χ0n) is 13.3. The Hall–Kier alpha value is -2.38. The summed E-state index contributed by atoms with van der Waals surface area (Å²) < 4.78 is 12.4. The largest absolute Gasteiger partial charge is 0.467 e. The van der Waals surface area contributed by atoms with Crippen LogP contribution in [-0.4, -0.2) is 44.2 Å². The lowest BCUT2D eigenvalue weighted by Gasteiger charge is -2.23. The van der Waals surface area contributed by atoms with Gasteiger partial charge < -0.3 is 14.1 Å². The predicted molar refractivity (Wildman–Crippen MR) is 79.1 cm³/mol. The summed E-state index contributed by atoms with van der Waals surface area (Å²) in [4.78, 5) is 23.0. The molecule has 1 aliphatic heterocycles. The number of nitrogens with zero attached hydrogens (tertiary/aromatic N) is 5. The van der Waals surface area contributed by atoms with Gasteiger partial charge in [0.25, 0.3) is 5.91 Å². The van der Waals surface area contributed by atoms with Gasteiger partial charge >= 0.3 is 6.01 Å². The number of carbonyl (C=O) groups is 1. The molecule has 2 aliphatic rings. The summed E-state index contributed by atoms with van der Waals surface area (Å²) in [6.45, 7) is 1.04. The molecule has 23 heavy (non-hydrogen) atoms. The Balaban J connectivity index is 1.52. The Kier molecular flexibility index (Phi) is 3.32. The monoisotopic (exact) mass is 317 g/mol. The van der Waals surface area contributed by atoms with Crippen molar-refractivity contribution in [1.82, 2.24) is 24.6 Å². The number of amides is 1. The van der Waals surface area contributed by atoms with E-state index in [1.54, 1.807) is 11.9 Å². The van der Waals surface area contributed by atoms with E-state index < -0.39 is 0 Å². The fourth-order valence-corrected chi connectivity index (χ4v) is 3.00. The van der Waals surface area contributed by atoms with E-state index in [1.165, 1.54) is 18.2 Å². The lowest BCUT2D eigenvalue weighted by molar-refractivity contribution is 0.0715. The van der Waals surface area contributed by atoms with Crippen LogP contribution < -0.4 is 4.74 Å². The standard InChI is InChI=1S/C15H19N5O3/c1-19-15(22-2)17-12(18-19)14(21)20-7-6-11-10(8-20)16-13(23-11)9-4-3-5-9/h9H,3-8H2,1-2H3. The van der Waals surface area contributed by atoms with Crippen molar-refractivity contribution in [1.29, 1.82) is 0 Å². The fourth-order valence-electron chi connectivity index (χ4n) is 3.00. The summed E-state index contributed by atoms with van der Waals surface area (Å²) >= 11 is 0. The van der Waals surface area contributed by atoms with Gasteiger partial charge in [0.05, 0.1) is 13.7 Å². The van der Waals surface area contributed by atoms with Gasteiger partial charge in [-0.1, -0.05) is 6.42 Å². The van der Waals surface area contributed by atoms with Gasteiger partial charge in [-0.2, -0.15) is 4.98 Å². The highest BCUT2D eigenvalue weighted by molar-refractivity contribution is 5.90. The van der Waals surface area contributed by atoms with Gasteiger partial charge in [-0.05, 0) is 12.8 Å². The second-order valence-corrected chi connectivity index (χ2v) is 6.07. The van der Waals surface area contributed by atoms with E-state index in [9.17, 15) is 4.79 Å². The van der Waals surface area contributed by atoms with E-state index in [2.05, 4.69) is 15.1 Å². The van der Waals surface area contributed by atoms with Gasteiger partial charge in [-0.25, -0.2) is 9.67 Å². The summed E-state index contributed by atoms with van der Waals surface area (Å²) in [6.07, 6.45) is 4.24. The van der Waals surface area contributed by atoms with Crippen LogP contribution in [0, 0.1) is 0 Å². The lowest BCUT2D eigenvalue weighted by atomic mass is 9.85. The van der Waals surface area contributed by atoms with Crippen LogP contribution >= 0.6 is 0 Å². The van der Waals surface area contributed by atoms with Crippen LogP contribution in [0.5, 0.6) is 6.01 Å². The van der Waals surface area contributed by atoms with Gasteiger partial charge in [-0.3, -0.25) is 4.79 Å². The molecule has 1 saturated carbocycles. The summed E-state index contributed by atoms with van der Waals surface area (Å²) in [5, 5.41) is 4.11. The molecule has 0 aromatic carbocycles. The van der Waals surface area contributed by atoms with Crippen molar-refractivity contribution >= 4 is 5.91 Å². The second-order valence-electron chi connectivity index (χ2n) is 6.07. The molecule has 0 spiro atoms. The van der Waals surface area contributed by atoms with Crippen molar-refractivity contribution in [2.75, 3.05) is 13.7 Å². The number of hydrogen-bond donors (Lipinski definition) is 0. The van der Waals surface area contributed by atoms with Crippen molar-refractivity contribution in [3.63, 3.8) is 0 Å². The van der Waals surface area contributed by atoms with Crippen LogP contribution in [0.3, 0.4) is 0 Å². The molecular formula is C15H19N5O3. The van der Waals surface area contributed by atoms with E-state index in [0.29, 0.717) is 31.4 Å². The molecule has 1 aliphatic carbocycles. The average Bonchev–Trinajstić information content (AvgIpc) is 3.06. The molecule has 2 aromatic heterocycles. The Morgan fingerprint density at radius 3 is 2.83 bits per heavy atom. The number of methoxy groups -OCH3 is 1. The normalized spacial score (nSPS) is 17.7. The summed E-state index contributed by atoms with van der Waals surface area (Å²) in [5.41, 5.74) is 0.870. The topological polar surface area (TPSA) is 86.3 Å². The van der Waals surface area contributed by atoms with Gasteiger partial charge in [0.15, 0.2) is 5.89 Å². The zero-order chi connectivity index (χ0) is 16.0.